The molecule has 2 aliphatic heterocycles. The smallest absolute Gasteiger partial charge is 0.253 e. The van der Waals surface area contributed by atoms with Crippen LogP contribution in [-0.2, 0) is 5.54 Å². The molecule has 37 heavy (non-hydrogen) atoms. The van der Waals surface area contributed by atoms with E-state index in [2.05, 4.69) is 25.4 Å². The zero-order valence-electron chi connectivity index (χ0n) is 20.9. The Bertz CT molecular complexity index is 1520. The van der Waals surface area contributed by atoms with Gasteiger partial charge in [-0.15, -0.1) is 5.10 Å². The third-order valence-corrected chi connectivity index (χ3v) is 6.91. The second-order valence-electron chi connectivity index (χ2n) is 10.3. The maximum atomic E-state index is 14.4. The molecule has 0 bridgehead atoms. The molecule has 0 saturated carbocycles. The summed E-state index contributed by atoms with van der Waals surface area (Å²) >= 11 is 0. The zero-order valence-corrected chi connectivity index (χ0v) is 20.9. The maximum absolute atomic E-state index is 14.4. The van der Waals surface area contributed by atoms with Crippen molar-refractivity contribution in [3.05, 3.63) is 70.0 Å². The maximum Gasteiger partial charge on any atom is 0.253 e. The van der Waals surface area contributed by atoms with Gasteiger partial charge in [-0.05, 0) is 55.5 Å². The minimum atomic E-state index is -0.504. The molecule has 4 heterocycles. The van der Waals surface area contributed by atoms with Crippen molar-refractivity contribution in [1.29, 1.82) is 0 Å². The molecule has 0 radical (unpaired) electrons. The molecule has 0 spiro atoms. The monoisotopic (exact) mass is 505 g/mol. The lowest BCUT2D eigenvalue weighted by Crippen LogP contribution is -2.49. The van der Waals surface area contributed by atoms with Gasteiger partial charge in [-0.2, -0.15) is 0 Å². The van der Waals surface area contributed by atoms with Crippen molar-refractivity contribution in [3.63, 3.8) is 0 Å². The fourth-order valence-electron chi connectivity index (χ4n) is 5.09. The Morgan fingerprint density at radius 1 is 1.03 bits per heavy atom. The van der Waals surface area contributed by atoms with Gasteiger partial charge in [0.15, 0.2) is 17.3 Å². The van der Waals surface area contributed by atoms with Crippen molar-refractivity contribution in [1.82, 2.24) is 30.1 Å². The zero-order chi connectivity index (χ0) is 25.7. The quantitative estimate of drug-likeness (QED) is 0.452. The summed E-state index contributed by atoms with van der Waals surface area (Å²) in [6.07, 6.45) is 0. The predicted octanol–water partition coefficient (Wildman–Crippen LogP) is 3.05. The first kappa shape index (κ1) is 23.4. The van der Waals surface area contributed by atoms with Gasteiger partial charge in [-0.25, -0.2) is 9.07 Å². The average Bonchev–Trinajstić information content (AvgIpc) is 3.54. The molecular weight excluding hydrogens is 477 g/mol. The molecule has 2 aromatic heterocycles. The summed E-state index contributed by atoms with van der Waals surface area (Å²) in [7, 11) is 0. The molecule has 2 aromatic carbocycles. The number of para-hydroxylation sites is 1. The Morgan fingerprint density at radius 2 is 1.76 bits per heavy atom. The number of hydrogen-bond donors (Lipinski definition) is 1. The first-order chi connectivity index (χ1) is 17.8. The van der Waals surface area contributed by atoms with E-state index < -0.39 is 11.6 Å². The normalized spacial score (nSPS) is 16.9. The van der Waals surface area contributed by atoms with Crippen LogP contribution in [0.15, 0.2) is 47.3 Å². The number of piperazine rings is 1. The van der Waals surface area contributed by atoms with Crippen LogP contribution < -0.4 is 19.9 Å². The van der Waals surface area contributed by atoms with Crippen molar-refractivity contribution in [3.8, 4) is 11.5 Å². The first-order valence-corrected chi connectivity index (χ1v) is 12.3. The number of aromatic amines is 1. The number of nitrogens with zero attached hydrogens (tertiary/aromatic N) is 6. The van der Waals surface area contributed by atoms with Gasteiger partial charge in [0.25, 0.3) is 5.56 Å². The molecule has 4 aromatic rings. The summed E-state index contributed by atoms with van der Waals surface area (Å²) in [5.41, 5.74) is 1.15. The van der Waals surface area contributed by atoms with Crippen LogP contribution in [0.2, 0.25) is 0 Å². The number of pyridine rings is 1. The number of tetrazole rings is 1. The average molecular weight is 506 g/mol. The third-order valence-electron chi connectivity index (χ3n) is 6.91. The molecule has 0 amide bonds. The molecule has 6 rings (SSSR count). The molecule has 192 valence electrons. The van der Waals surface area contributed by atoms with Crippen LogP contribution in [-0.4, -0.2) is 63.1 Å². The highest BCUT2D eigenvalue weighted by Gasteiger charge is 2.35. The van der Waals surface area contributed by atoms with Gasteiger partial charge < -0.3 is 19.4 Å². The molecule has 0 aliphatic carbocycles. The number of halogens is 1. The number of benzene rings is 2. The largest absolute Gasteiger partial charge is 0.454 e. The molecule has 1 atom stereocenters. The molecule has 1 fully saturated rings. The summed E-state index contributed by atoms with van der Waals surface area (Å²) in [5.74, 6) is 1.58. The van der Waals surface area contributed by atoms with E-state index in [-0.39, 0.29) is 18.2 Å². The second kappa shape index (κ2) is 8.84. The van der Waals surface area contributed by atoms with Crippen LogP contribution in [0.1, 0.15) is 38.2 Å². The van der Waals surface area contributed by atoms with Crippen molar-refractivity contribution in [2.45, 2.75) is 32.4 Å². The summed E-state index contributed by atoms with van der Waals surface area (Å²) in [4.78, 5) is 20.7. The minimum Gasteiger partial charge on any atom is -0.454 e. The van der Waals surface area contributed by atoms with E-state index in [9.17, 15) is 9.18 Å². The van der Waals surface area contributed by atoms with E-state index in [1.807, 2.05) is 43.9 Å². The van der Waals surface area contributed by atoms with Crippen LogP contribution in [0.3, 0.4) is 0 Å². The fraction of sp³-hybridized carbons (Fsp3) is 0.385. The Hall–Kier alpha value is -3.99. The predicted molar refractivity (Wildman–Crippen MR) is 136 cm³/mol. The standard InChI is InChI=1S/C26H28FN7O3/c1-26(2,3)34-24(29-30-31-34)23(33-10-8-32(9-11-33)20-7-5-4-6-18(20)27)17-12-16-13-21-22(37-15-36-21)14-19(16)28-25(17)35/h4-7,12-14,23H,8-11,15H2,1-3H3,(H,28,35). The number of rotatable bonds is 4. The molecular formula is C26H28FN7O3. The molecule has 1 unspecified atom stereocenters. The topological polar surface area (TPSA) is 101 Å². The number of ether oxygens (including phenoxy) is 2. The van der Waals surface area contributed by atoms with Crippen molar-refractivity contribution in [2.75, 3.05) is 37.9 Å². The molecule has 1 N–H and O–H groups in total. The van der Waals surface area contributed by atoms with Crippen molar-refractivity contribution >= 4 is 16.6 Å². The van der Waals surface area contributed by atoms with Crippen LogP contribution in [0.5, 0.6) is 11.5 Å². The number of fused-ring (bicyclic) bond motifs is 2. The van der Waals surface area contributed by atoms with Gasteiger partial charge in [0, 0.05) is 43.2 Å². The van der Waals surface area contributed by atoms with Gasteiger partial charge in [0.2, 0.25) is 6.79 Å². The van der Waals surface area contributed by atoms with Gasteiger partial charge in [0.05, 0.1) is 16.7 Å². The Balaban J connectivity index is 1.42. The van der Waals surface area contributed by atoms with Gasteiger partial charge in [-0.1, -0.05) is 12.1 Å². The SMILES string of the molecule is CC(C)(C)n1nnnc1C(c1cc2cc3c(cc2[nH]c1=O)OCO3)N1CCN(c2ccccc2F)CC1. The van der Waals surface area contributed by atoms with Gasteiger partial charge >= 0.3 is 0 Å². The number of nitrogens with one attached hydrogen (secondary N) is 1. The lowest BCUT2D eigenvalue weighted by molar-refractivity contribution is 0.174. The summed E-state index contributed by atoms with van der Waals surface area (Å²) in [5, 5.41) is 13.4. The van der Waals surface area contributed by atoms with E-state index in [0.29, 0.717) is 60.3 Å². The van der Waals surface area contributed by atoms with E-state index in [4.69, 9.17) is 9.47 Å². The van der Waals surface area contributed by atoms with E-state index >= 15 is 0 Å². The summed E-state index contributed by atoms with van der Waals surface area (Å²) in [6, 6.07) is 11.8. The summed E-state index contributed by atoms with van der Waals surface area (Å²) < 4.78 is 27.2. The highest BCUT2D eigenvalue weighted by Crippen LogP contribution is 2.37. The van der Waals surface area contributed by atoms with E-state index in [0.717, 1.165) is 5.39 Å². The van der Waals surface area contributed by atoms with Crippen molar-refractivity contribution in [2.24, 2.45) is 0 Å². The number of hydrogen-bond acceptors (Lipinski definition) is 8. The lowest BCUT2D eigenvalue weighted by Gasteiger charge is -2.40. The van der Waals surface area contributed by atoms with Gasteiger partial charge in [-0.3, -0.25) is 9.69 Å². The number of H-pyrrole nitrogens is 1. The number of aromatic nitrogens is 5. The molecule has 10 nitrogen and oxygen atoms in total. The minimum absolute atomic E-state index is 0.151. The van der Waals surface area contributed by atoms with Crippen LogP contribution >= 0.6 is 0 Å². The Morgan fingerprint density at radius 3 is 2.49 bits per heavy atom. The van der Waals surface area contributed by atoms with Crippen LogP contribution in [0.25, 0.3) is 10.9 Å². The Labute approximate surface area is 212 Å². The third kappa shape index (κ3) is 4.18. The van der Waals surface area contributed by atoms with Gasteiger partial charge in [0.1, 0.15) is 11.9 Å². The van der Waals surface area contributed by atoms with Crippen LogP contribution in [0, 0.1) is 5.82 Å². The van der Waals surface area contributed by atoms with Crippen LogP contribution in [0.4, 0.5) is 10.1 Å². The van der Waals surface area contributed by atoms with E-state index in [1.165, 1.54) is 6.07 Å². The fourth-order valence-corrected chi connectivity index (χ4v) is 5.09. The van der Waals surface area contributed by atoms with Crippen molar-refractivity contribution < 1.29 is 13.9 Å². The Kier molecular flexibility index (Phi) is 5.59. The highest BCUT2D eigenvalue weighted by atomic mass is 19.1. The molecule has 1 saturated heterocycles. The highest BCUT2D eigenvalue weighted by molar-refractivity contribution is 5.83. The van der Waals surface area contributed by atoms with E-state index in [1.54, 1.807) is 22.9 Å². The number of anilines is 1. The second-order valence-corrected chi connectivity index (χ2v) is 10.3. The molecule has 2 aliphatic rings. The summed E-state index contributed by atoms with van der Waals surface area (Å²) in [6.45, 7) is 8.58. The lowest BCUT2D eigenvalue weighted by atomic mass is 10.0. The molecule has 11 heteroatoms. The first-order valence-electron chi connectivity index (χ1n) is 12.3.